The summed E-state index contributed by atoms with van der Waals surface area (Å²) < 4.78 is 5.36. The van der Waals surface area contributed by atoms with Crippen LogP contribution >= 0.6 is 0 Å². The van der Waals surface area contributed by atoms with Gasteiger partial charge in [-0.05, 0) is 37.8 Å². The van der Waals surface area contributed by atoms with Crippen molar-refractivity contribution in [1.29, 1.82) is 0 Å². The number of hydrogen-bond acceptors (Lipinski definition) is 4. The zero-order chi connectivity index (χ0) is 19.3. The molecular formula is C22H31N3O3. The molecule has 3 heterocycles. The average molecular weight is 386 g/mol. The van der Waals surface area contributed by atoms with Crippen molar-refractivity contribution in [2.24, 2.45) is 11.8 Å². The van der Waals surface area contributed by atoms with Crippen LogP contribution in [0.4, 0.5) is 5.69 Å². The molecule has 0 N–H and O–H groups in total. The summed E-state index contributed by atoms with van der Waals surface area (Å²) in [6, 6.07) is 10.4. The number of para-hydroxylation sites is 1. The quantitative estimate of drug-likeness (QED) is 0.799. The molecule has 0 radical (unpaired) electrons. The number of anilines is 1. The Labute approximate surface area is 167 Å². The normalized spacial score (nSPS) is 22.4. The molecule has 2 amide bonds. The summed E-state index contributed by atoms with van der Waals surface area (Å²) in [5.74, 6) is 0.741. The summed E-state index contributed by atoms with van der Waals surface area (Å²) in [5.41, 5.74) is 1.23. The van der Waals surface area contributed by atoms with Gasteiger partial charge in [0.25, 0.3) is 0 Å². The highest BCUT2D eigenvalue weighted by Gasteiger charge is 2.34. The van der Waals surface area contributed by atoms with Gasteiger partial charge in [0.15, 0.2) is 0 Å². The van der Waals surface area contributed by atoms with Crippen molar-refractivity contribution in [3.63, 3.8) is 0 Å². The second kappa shape index (κ2) is 8.95. The molecule has 3 saturated heterocycles. The summed E-state index contributed by atoms with van der Waals surface area (Å²) in [4.78, 5) is 32.0. The van der Waals surface area contributed by atoms with Gasteiger partial charge in [-0.15, -0.1) is 0 Å². The highest BCUT2D eigenvalue weighted by atomic mass is 16.5. The first-order chi connectivity index (χ1) is 13.7. The number of carbonyl (C=O) groups excluding carboxylic acids is 2. The number of likely N-dealkylation sites (tertiary alicyclic amines) is 1. The predicted molar refractivity (Wildman–Crippen MR) is 108 cm³/mol. The maximum atomic E-state index is 13.0. The number of amides is 2. The Morgan fingerprint density at radius 3 is 1.86 bits per heavy atom. The molecule has 3 aliphatic heterocycles. The lowest BCUT2D eigenvalue weighted by Crippen LogP contribution is -2.52. The Morgan fingerprint density at radius 2 is 1.25 bits per heavy atom. The molecule has 6 nitrogen and oxygen atoms in total. The molecule has 0 saturated carbocycles. The second-order valence-electron chi connectivity index (χ2n) is 8.13. The Morgan fingerprint density at radius 1 is 0.714 bits per heavy atom. The Balaban J connectivity index is 1.24. The number of carbonyl (C=O) groups is 2. The van der Waals surface area contributed by atoms with Gasteiger partial charge in [0.2, 0.25) is 11.8 Å². The first kappa shape index (κ1) is 19.2. The lowest BCUT2D eigenvalue weighted by Gasteiger charge is -2.40. The first-order valence-corrected chi connectivity index (χ1v) is 10.7. The molecule has 3 aliphatic rings. The van der Waals surface area contributed by atoms with E-state index in [1.165, 1.54) is 5.69 Å². The zero-order valence-corrected chi connectivity index (χ0v) is 16.6. The molecule has 0 unspecified atom stereocenters. The molecule has 0 aliphatic carbocycles. The topological polar surface area (TPSA) is 53.1 Å². The summed E-state index contributed by atoms with van der Waals surface area (Å²) in [7, 11) is 0. The predicted octanol–water partition coefficient (Wildman–Crippen LogP) is 2.00. The van der Waals surface area contributed by atoms with Crippen molar-refractivity contribution >= 4 is 17.5 Å². The molecule has 152 valence electrons. The van der Waals surface area contributed by atoms with Crippen LogP contribution in [-0.2, 0) is 14.3 Å². The van der Waals surface area contributed by atoms with Crippen LogP contribution in [0.5, 0.6) is 0 Å². The van der Waals surface area contributed by atoms with Crippen molar-refractivity contribution in [1.82, 2.24) is 9.80 Å². The van der Waals surface area contributed by atoms with Crippen LogP contribution in [-0.4, -0.2) is 74.1 Å². The minimum absolute atomic E-state index is 0.0713. The van der Waals surface area contributed by atoms with Crippen LogP contribution in [0.15, 0.2) is 30.3 Å². The fraction of sp³-hybridized carbons (Fsp3) is 0.636. The molecule has 4 rings (SSSR count). The molecule has 1 aromatic carbocycles. The van der Waals surface area contributed by atoms with Crippen molar-refractivity contribution in [2.45, 2.75) is 25.7 Å². The van der Waals surface area contributed by atoms with E-state index in [9.17, 15) is 9.59 Å². The molecule has 0 atom stereocenters. The van der Waals surface area contributed by atoms with E-state index in [1.807, 2.05) is 15.9 Å². The summed E-state index contributed by atoms with van der Waals surface area (Å²) in [6.45, 7) is 6.17. The Bertz CT molecular complexity index is 659. The molecule has 0 aromatic heterocycles. The maximum absolute atomic E-state index is 13.0. The Kier molecular flexibility index (Phi) is 6.15. The molecular weight excluding hydrogens is 354 g/mol. The minimum Gasteiger partial charge on any atom is -0.381 e. The number of benzene rings is 1. The highest BCUT2D eigenvalue weighted by molar-refractivity contribution is 5.81. The lowest BCUT2D eigenvalue weighted by molar-refractivity contribution is -0.144. The van der Waals surface area contributed by atoms with E-state index < -0.39 is 0 Å². The molecule has 28 heavy (non-hydrogen) atoms. The van der Waals surface area contributed by atoms with Gasteiger partial charge in [0.1, 0.15) is 0 Å². The number of ether oxygens (including phenoxy) is 1. The van der Waals surface area contributed by atoms with E-state index in [4.69, 9.17) is 4.74 Å². The number of nitrogens with zero attached hydrogens (tertiary/aromatic N) is 3. The third kappa shape index (κ3) is 4.32. The first-order valence-electron chi connectivity index (χ1n) is 10.7. The van der Waals surface area contributed by atoms with E-state index in [2.05, 4.69) is 29.2 Å². The number of rotatable bonds is 3. The Hall–Kier alpha value is -2.08. The van der Waals surface area contributed by atoms with Gasteiger partial charge >= 0.3 is 0 Å². The zero-order valence-electron chi connectivity index (χ0n) is 16.6. The largest absolute Gasteiger partial charge is 0.381 e. The van der Waals surface area contributed by atoms with E-state index in [0.717, 1.165) is 65.0 Å². The van der Waals surface area contributed by atoms with E-state index in [1.54, 1.807) is 0 Å². The molecule has 0 bridgehead atoms. The smallest absolute Gasteiger partial charge is 0.225 e. The van der Waals surface area contributed by atoms with Gasteiger partial charge in [-0.1, -0.05) is 18.2 Å². The van der Waals surface area contributed by atoms with Crippen molar-refractivity contribution in [3.05, 3.63) is 30.3 Å². The van der Waals surface area contributed by atoms with Crippen LogP contribution in [0, 0.1) is 11.8 Å². The fourth-order valence-electron chi connectivity index (χ4n) is 4.63. The number of piperidine rings is 1. The van der Waals surface area contributed by atoms with Crippen molar-refractivity contribution in [2.75, 3.05) is 57.4 Å². The highest BCUT2D eigenvalue weighted by Crippen LogP contribution is 2.25. The average Bonchev–Trinajstić information content (AvgIpc) is 2.79. The molecule has 1 aromatic rings. The molecule has 6 heteroatoms. The number of piperazine rings is 1. The standard InChI is InChI=1S/C22H31N3O3/c26-21(25-14-12-23(13-15-25)20-4-2-1-3-5-20)18-6-10-24(11-7-18)22(27)19-8-16-28-17-9-19/h1-5,18-19H,6-17H2. The van der Waals surface area contributed by atoms with Gasteiger partial charge in [0, 0.05) is 70.0 Å². The van der Waals surface area contributed by atoms with Crippen LogP contribution in [0.25, 0.3) is 0 Å². The fourth-order valence-corrected chi connectivity index (χ4v) is 4.63. The van der Waals surface area contributed by atoms with E-state index >= 15 is 0 Å². The number of hydrogen-bond donors (Lipinski definition) is 0. The second-order valence-corrected chi connectivity index (χ2v) is 8.13. The third-order valence-corrected chi connectivity index (χ3v) is 6.44. The van der Waals surface area contributed by atoms with Gasteiger partial charge in [-0.3, -0.25) is 9.59 Å². The lowest BCUT2D eigenvalue weighted by atomic mass is 9.92. The van der Waals surface area contributed by atoms with Gasteiger partial charge < -0.3 is 19.4 Å². The molecule has 3 fully saturated rings. The van der Waals surface area contributed by atoms with Gasteiger partial charge in [0.05, 0.1) is 0 Å². The summed E-state index contributed by atoms with van der Waals surface area (Å²) >= 11 is 0. The monoisotopic (exact) mass is 385 g/mol. The van der Waals surface area contributed by atoms with Gasteiger partial charge in [-0.25, -0.2) is 0 Å². The third-order valence-electron chi connectivity index (χ3n) is 6.44. The van der Waals surface area contributed by atoms with E-state index in [-0.39, 0.29) is 23.7 Å². The van der Waals surface area contributed by atoms with E-state index in [0.29, 0.717) is 13.2 Å². The van der Waals surface area contributed by atoms with Crippen molar-refractivity contribution < 1.29 is 14.3 Å². The SMILES string of the molecule is O=C(C1CCOCC1)N1CCC(C(=O)N2CCN(c3ccccc3)CC2)CC1. The summed E-state index contributed by atoms with van der Waals surface area (Å²) in [5, 5.41) is 0. The van der Waals surface area contributed by atoms with Crippen LogP contribution < -0.4 is 4.90 Å². The summed E-state index contributed by atoms with van der Waals surface area (Å²) in [6.07, 6.45) is 3.27. The van der Waals surface area contributed by atoms with Crippen LogP contribution in [0.3, 0.4) is 0 Å². The molecule has 0 spiro atoms. The maximum Gasteiger partial charge on any atom is 0.225 e. The van der Waals surface area contributed by atoms with Crippen LogP contribution in [0.2, 0.25) is 0 Å². The van der Waals surface area contributed by atoms with Crippen molar-refractivity contribution in [3.8, 4) is 0 Å². The van der Waals surface area contributed by atoms with Gasteiger partial charge in [-0.2, -0.15) is 0 Å². The van der Waals surface area contributed by atoms with Crippen LogP contribution in [0.1, 0.15) is 25.7 Å². The minimum atomic E-state index is 0.0713.